The molecule has 2 aliphatic rings. The van der Waals surface area contributed by atoms with Crippen LogP contribution in [0.1, 0.15) is 49.8 Å². The van der Waals surface area contributed by atoms with Gasteiger partial charge >= 0.3 is 0 Å². The molecular weight excluding hydrogens is 464 g/mol. The number of amides is 2. The average molecular weight is 494 g/mol. The van der Waals surface area contributed by atoms with E-state index in [-0.39, 0.29) is 28.0 Å². The number of nitrogens with zero attached hydrogens (tertiary/aromatic N) is 4. The molecule has 1 unspecified atom stereocenters. The summed E-state index contributed by atoms with van der Waals surface area (Å²) in [5.41, 5.74) is 0.265. The van der Waals surface area contributed by atoms with E-state index >= 15 is 0 Å². The molecule has 3 heterocycles. The minimum absolute atomic E-state index is 0.0280. The van der Waals surface area contributed by atoms with Gasteiger partial charge in [0.2, 0.25) is 5.91 Å². The van der Waals surface area contributed by atoms with E-state index in [0.717, 1.165) is 25.5 Å². The van der Waals surface area contributed by atoms with E-state index in [0.29, 0.717) is 31.9 Å². The van der Waals surface area contributed by atoms with Crippen LogP contribution in [0.4, 0.5) is 8.78 Å². The van der Waals surface area contributed by atoms with Crippen molar-refractivity contribution in [3.8, 4) is 11.4 Å². The molecule has 34 heavy (non-hydrogen) atoms. The third kappa shape index (κ3) is 4.68. The number of likely N-dealkylation sites (tertiary alicyclic amines) is 1. The van der Waals surface area contributed by atoms with E-state index in [9.17, 15) is 18.4 Å². The van der Waals surface area contributed by atoms with Crippen LogP contribution in [0.25, 0.3) is 11.4 Å². The van der Waals surface area contributed by atoms with Gasteiger partial charge in [-0.2, -0.15) is 0 Å². The van der Waals surface area contributed by atoms with E-state index in [4.69, 9.17) is 11.6 Å². The minimum atomic E-state index is -0.860. The smallest absolute Gasteiger partial charge is 0.272 e. The zero-order valence-electron chi connectivity index (χ0n) is 19.9. The second-order valence-electron chi connectivity index (χ2n) is 10.2. The highest BCUT2D eigenvalue weighted by molar-refractivity contribution is 6.31. The van der Waals surface area contributed by atoms with E-state index in [1.807, 2.05) is 27.8 Å². The van der Waals surface area contributed by atoms with Crippen LogP contribution in [0.3, 0.4) is 0 Å². The summed E-state index contributed by atoms with van der Waals surface area (Å²) in [6, 6.07) is 1.19. The van der Waals surface area contributed by atoms with E-state index in [1.54, 1.807) is 9.47 Å². The first-order valence-corrected chi connectivity index (χ1v) is 11.9. The van der Waals surface area contributed by atoms with Crippen molar-refractivity contribution in [1.29, 1.82) is 0 Å². The van der Waals surface area contributed by atoms with Gasteiger partial charge in [0, 0.05) is 32.2 Å². The fourth-order valence-corrected chi connectivity index (χ4v) is 4.53. The molecule has 0 bridgehead atoms. The number of carbonyl (C=O) groups excluding carboxylic acids is 2. The Bertz CT molecular complexity index is 1120. The second-order valence-corrected chi connectivity index (χ2v) is 10.6. The molecule has 7 nitrogen and oxygen atoms in total. The molecule has 184 valence electrons. The van der Waals surface area contributed by atoms with Crippen LogP contribution in [0.5, 0.6) is 0 Å². The quantitative estimate of drug-likeness (QED) is 0.659. The fraction of sp³-hybridized carbons (Fsp3) is 0.542. The van der Waals surface area contributed by atoms with Crippen LogP contribution in [-0.2, 0) is 17.9 Å². The van der Waals surface area contributed by atoms with Gasteiger partial charge in [-0.05, 0) is 37.9 Å². The van der Waals surface area contributed by atoms with Gasteiger partial charge < -0.3 is 19.7 Å². The van der Waals surface area contributed by atoms with Gasteiger partial charge in [-0.25, -0.2) is 13.8 Å². The van der Waals surface area contributed by atoms with E-state index < -0.39 is 29.0 Å². The maximum atomic E-state index is 14.8. The van der Waals surface area contributed by atoms with Crippen LogP contribution in [0.15, 0.2) is 12.1 Å². The van der Waals surface area contributed by atoms with E-state index in [1.165, 1.54) is 6.07 Å². The highest BCUT2D eigenvalue weighted by atomic mass is 35.5. The summed E-state index contributed by atoms with van der Waals surface area (Å²) in [6.07, 6.45) is 1.72. The number of benzene rings is 1. The lowest BCUT2D eigenvalue weighted by Gasteiger charge is -2.38. The van der Waals surface area contributed by atoms with Gasteiger partial charge in [0.25, 0.3) is 5.91 Å². The Balaban J connectivity index is 1.76. The predicted octanol–water partition coefficient (Wildman–Crippen LogP) is 3.69. The van der Waals surface area contributed by atoms with Gasteiger partial charge in [-0.3, -0.25) is 9.59 Å². The number of halogens is 3. The summed E-state index contributed by atoms with van der Waals surface area (Å²) < 4.78 is 30.4. The number of imidazole rings is 1. The maximum Gasteiger partial charge on any atom is 0.272 e. The Kier molecular flexibility index (Phi) is 6.70. The van der Waals surface area contributed by atoms with Crippen LogP contribution < -0.4 is 5.32 Å². The fourth-order valence-electron chi connectivity index (χ4n) is 4.37. The van der Waals surface area contributed by atoms with Crippen LogP contribution in [0.2, 0.25) is 5.02 Å². The SMILES string of the molecule is CN1CCCn2c(-c3cc(Cl)c(F)cc3F)nc(C(=O)NC(C(=O)N3CCC3)C(C)(C)C)c2C1. The molecule has 1 N–H and O–H groups in total. The third-order valence-electron chi connectivity index (χ3n) is 6.44. The molecule has 0 radical (unpaired) electrons. The number of hydrogen-bond donors (Lipinski definition) is 1. The van der Waals surface area contributed by atoms with Crippen molar-refractivity contribution < 1.29 is 18.4 Å². The Hall–Kier alpha value is -2.52. The number of rotatable bonds is 4. The second kappa shape index (κ2) is 9.26. The molecule has 4 rings (SSSR count). The Morgan fingerprint density at radius 3 is 2.38 bits per heavy atom. The molecule has 0 spiro atoms. The summed E-state index contributed by atoms with van der Waals surface area (Å²) >= 11 is 5.94. The molecule has 1 atom stereocenters. The van der Waals surface area contributed by atoms with Crippen molar-refractivity contribution in [2.45, 2.75) is 52.7 Å². The molecule has 2 aromatic rings. The van der Waals surface area contributed by atoms with Crippen LogP contribution in [-0.4, -0.2) is 63.9 Å². The van der Waals surface area contributed by atoms with Gasteiger partial charge in [0.05, 0.1) is 16.3 Å². The Labute approximate surface area is 203 Å². The molecule has 10 heteroatoms. The molecule has 2 amide bonds. The molecule has 0 saturated carbocycles. The normalized spacial score (nSPS) is 17.6. The van der Waals surface area contributed by atoms with Crippen LogP contribution >= 0.6 is 11.6 Å². The molecule has 1 saturated heterocycles. The molecular formula is C24H30ClF2N5O2. The first-order chi connectivity index (χ1) is 16.0. The lowest BCUT2D eigenvalue weighted by atomic mass is 9.85. The van der Waals surface area contributed by atoms with Gasteiger partial charge in [-0.1, -0.05) is 32.4 Å². The maximum absolute atomic E-state index is 14.8. The monoisotopic (exact) mass is 493 g/mol. The highest BCUT2D eigenvalue weighted by Gasteiger charge is 2.38. The summed E-state index contributed by atoms with van der Waals surface area (Å²) in [4.78, 5) is 34.9. The van der Waals surface area contributed by atoms with Gasteiger partial charge in [-0.15, -0.1) is 0 Å². The van der Waals surface area contributed by atoms with Crippen molar-refractivity contribution >= 4 is 23.4 Å². The first-order valence-electron chi connectivity index (χ1n) is 11.5. The van der Waals surface area contributed by atoms with Crippen molar-refractivity contribution in [2.75, 3.05) is 26.7 Å². The summed E-state index contributed by atoms with van der Waals surface area (Å²) in [7, 11) is 1.94. The van der Waals surface area contributed by atoms with Gasteiger partial charge in [0.1, 0.15) is 23.5 Å². The third-order valence-corrected chi connectivity index (χ3v) is 6.73. The molecule has 0 aliphatic carbocycles. The largest absolute Gasteiger partial charge is 0.341 e. The number of nitrogens with one attached hydrogen (secondary N) is 1. The summed E-state index contributed by atoms with van der Waals surface area (Å²) in [5.74, 6) is -2.06. The zero-order valence-corrected chi connectivity index (χ0v) is 20.7. The zero-order chi connectivity index (χ0) is 24.8. The van der Waals surface area contributed by atoms with Crippen molar-refractivity contribution in [3.63, 3.8) is 0 Å². The lowest BCUT2D eigenvalue weighted by molar-refractivity contribution is -0.139. The molecule has 1 aromatic carbocycles. The topological polar surface area (TPSA) is 70.5 Å². The summed E-state index contributed by atoms with van der Waals surface area (Å²) in [5, 5.41) is 2.68. The molecule has 2 aliphatic heterocycles. The number of fused-ring (bicyclic) bond motifs is 1. The standard InChI is InChI=1S/C24H30ClF2N5O2/c1-24(2,3)20(23(34)31-8-6-9-31)29-22(33)19-18-13-30(4)7-5-10-32(18)21(28-19)14-11-15(25)17(27)12-16(14)26/h11-12,20H,5-10,13H2,1-4H3,(H,29,33). The Morgan fingerprint density at radius 2 is 1.76 bits per heavy atom. The number of aromatic nitrogens is 2. The van der Waals surface area contributed by atoms with Crippen molar-refractivity contribution in [3.05, 3.63) is 40.2 Å². The van der Waals surface area contributed by atoms with Gasteiger partial charge in [0.15, 0.2) is 5.69 Å². The first kappa shape index (κ1) is 24.6. The lowest BCUT2D eigenvalue weighted by Crippen LogP contribution is -2.57. The van der Waals surface area contributed by atoms with Crippen LogP contribution in [0, 0.1) is 17.0 Å². The average Bonchev–Trinajstić information content (AvgIpc) is 2.92. The van der Waals surface area contributed by atoms with E-state index in [2.05, 4.69) is 15.2 Å². The number of carbonyl (C=O) groups is 2. The highest BCUT2D eigenvalue weighted by Crippen LogP contribution is 2.31. The van der Waals surface area contributed by atoms with Crippen molar-refractivity contribution in [1.82, 2.24) is 24.7 Å². The Morgan fingerprint density at radius 1 is 1.09 bits per heavy atom. The number of hydrogen-bond acceptors (Lipinski definition) is 4. The predicted molar refractivity (Wildman–Crippen MR) is 125 cm³/mol. The summed E-state index contributed by atoms with van der Waals surface area (Å²) in [6.45, 7) is 8.79. The van der Waals surface area contributed by atoms with Crippen molar-refractivity contribution in [2.24, 2.45) is 5.41 Å². The molecule has 1 aromatic heterocycles. The molecule has 1 fully saturated rings. The minimum Gasteiger partial charge on any atom is -0.341 e.